The molecule has 0 aromatic carbocycles. The first kappa shape index (κ1) is 31.3. The Morgan fingerprint density at radius 1 is 0.656 bits per heavy atom. The number of rotatable bonds is 25. The summed E-state index contributed by atoms with van der Waals surface area (Å²) in [4.78, 5) is 14.3. The molecular weight excluding hydrogens is 398 g/mol. The number of hydrogen-bond acceptors (Lipinski definition) is 4. The summed E-state index contributed by atoms with van der Waals surface area (Å²) in [6.45, 7) is 10.6. The average molecular weight is 454 g/mol. The molecule has 0 saturated carbocycles. The monoisotopic (exact) mass is 453 g/mol. The van der Waals surface area contributed by atoms with Crippen LogP contribution < -0.4 is 0 Å². The lowest BCUT2D eigenvalue weighted by molar-refractivity contribution is -0.270. The highest BCUT2D eigenvalue weighted by molar-refractivity contribution is 5.32. The number of ether oxygens (including phenoxy) is 2. The second kappa shape index (κ2) is 23.5. The standard InChI is InChI=1S/C28H55NO3/c1-5-9-11-13-15-16-18-20-24-28(31-7-3,32-8-4)27(23-21-25-29-26-30)22-19-17-14-12-10-6-2/h27H,5-25H2,1-4H3. The number of hydrogen-bond donors (Lipinski definition) is 0. The normalized spacial score (nSPS) is 12.6. The van der Waals surface area contributed by atoms with E-state index in [2.05, 4.69) is 32.7 Å². The van der Waals surface area contributed by atoms with Crippen molar-refractivity contribution in [1.82, 2.24) is 0 Å². The number of isocyanates is 1. The Labute approximate surface area is 200 Å². The molecule has 0 heterocycles. The Morgan fingerprint density at radius 3 is 1.62 bits per heavy atom. The van der Waals surface area contributed by atoms with E-state index in [1.54, 1.807) is 6.08 Å². The third kappa shape index (κ3) is 16.0. The van der Waals surface area contributed by atoms with E-state index in [4.69, 9.17) is 9.47 Å². The van der Waals surface area contributed by atoms with Crippen LogP contribution in [0.1, 0.15) is 143 Å². The summed E-state index contributed by atoms with van der Waals surface area (Å²) in [6.07, 6.45) is 24.0. The molecule has 0 fully saturated rings. The Kier molecular flexibility index (Phi) is 22.9. The lowest BCUT2D eigenvalue weighted by atomic mass is 9.84. The molecule has 0 aliphatic carbocycles. The van der Waals surface area contributed by atoms with Gasteiger partial charge in [0.1, 0.15) is 0 Å². The molecule has 0 radical (unpaired) electrons. The maximum atomic E-state index is 10.5. The van der Waals surface area contributed by atoms with Gasteiger partial charge < -0.3 is 9.47 Å². The second-order valence-electron chi connectivity index (χ2n) is 9.27. The molecule has 0 saturated heterocycles. The van der Waals surface area contributed by atoms with Crippen molar-refractivity contribution in [2.75, 3.05) is 19.8 Å². The van der Waals surface area contributed by atoms with Crippen LogP contribution in [-0.2, 0) is 14.3 Å². The van der Waals surface area contributed by atoms with Crippen molar-refractivity contribution in [3.05, 3.63) is 0 Å². The van der Waals surface area contributed by atoms with Gasteiger partial charge in [0.25, 0.3) is 0 Å². The van der Waals surface area contributed by atoms with Gasteiger partial charge in [-0.15, -0.1) is 0 Å². The van der Waals surface area contributed by atoms with Gasteiger partial charge in [0.2, 0.25) is 6.08 Å². The molecule has 0 aliphatic rings. The molecule has 1 unspecified atom stereocenters. The topological polar surface area (TPSA) is 47.9 Å². The van der Waals surface area contributed by atoms with Crippen molar-refractivity contribution < 1.29 is 14.3 Å². The summed E-state index contributed by atoms with van der Waals surface area (Å²) in [6, 6.07) is 0. The van der Waals surface area contributed by atoms with Crippen LogP contribution in [0.2, 0.25) is 0 Å². The van der Waals surface area contributed by atoms with E-state index >= 15 is 0 Å². The Balaban J connectivity index is 4.90. The SMILES string of the molecule is CCCCCCCCCCC(OCC)(OCC)C(CCCCCCCC)CCCN=C=O. The highest BCUT2D eigenvalue weighted by Crippen LogP contribution is 2.37. The summed E-state index contributed by atoms with van der Waals surface area (Å²) in [7, 11) is 0. The lowest BCUT2D eigenvalue weighted by Crippen LogP contribution is -2.44. The van der Waals surface area contributed by atoms with Crippen LogP contribution in [0.5, 0.6) is 0 Å². The van der Waals surface area contributed by atoms with Crippen molar-refractivity contribution in [3.8, 4) is 0 Å². The number of unbranched alkanes of at least 4 members (excludes halogenated alkanes) is 12. The molecule has 0 aliphatic heterocycles. The van der Waals surface area contributed by atoms with E-state index in [0.29, 0.717) is 25.7 Å². The van der Waals surface area contributed by atoms with Crippen LogP contribution in [0.15, 0.2) is 4.99 Å². The number of nitrogens with zero attached hydrogens (tertiary/aromatic N) is 1. The minimum Gasteiger partial charge on any atom is -0.350 e. The van der Waals surface area contributed by atoms with Gasteiger partial charge in [-0.3, -0.25) is 0 Å². The zero-order valence-electron chi connectivity index (χ0n) is 22.1. The molecule has 0 aromatic rings. The zero-order chi connectivity index (χ0) is 23.8. The quantitative estimate of drug-likeness (QED) is 0.0600. The van der Waals surface area contributed by atoms with Gasteiger partial charge in [0, 0.05) is 25.6 Å². The van der Waals surface area contributed by atoms with Crippen molar-refractivity contribution in [1.29, 1.82) is 0 Å². The van der Waals surface area contributed by atoms with Crippen LogP contribution >= 0.6 is 0 Å². The molecule has 0 bridgehead atoms. The predicted molar refractivity (Wildman–Crippen MR) is 137 cm³/mol. The molecule has 1 atom stereocenters. The Morgan fingerprint density at radius 2 is 1.12 bits per heavy atom. The summed E-state index contributed by atoms with van der Waals surface area (Å²) in [5.41, 5.74) is 0. The van der Waals surface area contributed by atoms with Crippen molar-refractivity contribution in [3.63, 3.8) is 0 Å². The minimum atomic E-state index is -0.486. The summed E-state index contributed by atoms with van der Waals surface area (Å²) >= 11 is 0. The lowest BCUT2D eigenvalue weighted by Gasteiger charge is -2.41. The molecule has 0 amide bonds. The highest BCUT2D eigenvalue weighted by Gasteiger charge is 2.39. The van der Waals surface area contributed by atoms with Gasteiger partial charge in [-0.1, -0.05) is 97.3 Å². The van der Waals surface area contributed by atoms with Crippen LogP contribution in [0.3, 0.4) is 0 Å². The largest absolute Gasteiger partial charge is 0.350 e. The summed E-state index contributed by atoms with van der Waals surface area (Å²) in [5, 5.41) is 0. The molecule has 0 N–H and O–H groups in total. The molecule has 4 heteroatoms. The molecule has 0 aromatic heterocycles. The Hall–Kier alpha value is -0.700. The van der Waals surface area contributed by atoms with Crippen molar-refractivity contribution in [2.45, 2.75) is 149 Å². The highest BCUT2D eigenvalue weighted by atomic mass is 16.7. The molecule has 4 nitrogen and oxygen atoms in total. The van der Waals surface area contributed by atoms with Gasteiger partial charge >= 0.3 is 0 Å². The third-order valence-electron chi connectivity index (χ3n) is 6.57. The van der Waals surface area contributed by atoms with Gasteiger partial charge in [0.15, 0.2) is 5.79 Å². The van der Waals surface area contributed by atoms with Gasteiger partial charge in [-0.25, -0.2) is 9.79 Å². The zero-order valence-corrected chi connectivity index (χ0v) is 22.1. The van der Waals surface area contributed by atoms with Crippen LogP contribution in [0.4, 0.5) is 0 Å². The fourth-order valence-corrected chi connectivity index (χ4v) is 4.84. The molecule has 0 spiro atoms. The first-order valence-electron chi connectivity index (χ1n) is 14.0. The van der Waals surface area contributed by atoms with E-state index < -0.39 is 5.79 Å². The van der Waals surface area contributed by atoms with Crippen molar-refractivity contribution in [2.24, 2.45) is 10.9 Å². The maximum Gasteiger partial charge on any atom is 0.234 e. The summed E-state index contributed by atoms with van der Waals surface area (Å²) in [5.74, 6) is -0.125. The maximum absolute atomic E-state index is 10.5. The first-order valence-corrected chi connectivity index (χ1v) is 14.0. The fourth-order valence-electron chi connectivity index (χ4n) is 4.84. The minimum absolute atomic E-state index is 0.361. The van der Waals surface area contributed by atoms with Gasteiger partial charge in [-0.05, 0) is 39.5 Å². The van der Waals surface area contributed by atoms with Gasteiger partial charge in [0.05, 0.1) is 6.54 Å². The number of aliphatic imine (C=N–C) groups is 1. The number of carbonyl (C=O) groups excluding carboxylic acids is 1. The van der Waals surface area contributed by atoms with E-state index in [1.807, 2.05) is 0 Å². The van der Waals surface area contributed by atoms with Crippen LogP contribution in [0.25, 0.3) is 0 Å². The molecule has 0 rings (SSSR count). The van der Waals surface area contributed by atoms with Crippen LogP contribution in [-0.4, -0.2) is 31.6 Å². The molecular formula is C28H55NO3. The summed E-state index contributed by atoms with van der Waals surface area (Å²) < 4.78 is 12.8. The van der Waals surface area contributed by atoms with E-state index in [1.165, 1.54) is 83.5 Å². The first-order chi connectivity index (χ1) is 15.7. The van der Waals surface area contributed by atoms with E-state index in [0.717, 1.165) is 32.1 Å². The van der Waals surface area contributed by atoms with Crippen LogP contribution in [0, 0.1) is 5.92 Å². The molecule has 32 heavy (non-hydrogen) atoms. The molecule has 190 valence electrons. The van der Waals surface area contributed by atoms with E-state index in [9.17, 15) is 4.79 Å². The fraction of sp³-hybridized carbons (Fsp3) is 0.964. The van der Waals surface area contributed by atoms with E-state index in [-0.39, 0.29) is 0 Å². The third-order valence-corrected chi connectivity index (χ3v) is 6.57. The average Bonchev–Trinajstić information content (AvgIpc) is 2.79. The smallest absolute Gasteiger partial charge is 0.234 e. The van der Waals surface area contributed by atoms with Crippen molar-refractivity contribution >= 4 is 6.08 Å². The van der Waals surface area contributed by atoms with Gasteiger partial charge in [-0.2, -0.15) is 0 Å². The Bertz CT molecular complexity index is 428. The predicted octanol–water partition coefficient (Wildman–Crippen LogP) is 8.77. The second-order valence-corrected chi connectivity index (χ2v) is 9.27.